The minimum absolute atomic E-state index is 0.188. The Morgan fingerprint density at radius 1 is 1.06 bits per heavy atom. The van der Waals surface area contributed by atoms with Gasteiger partial charge >= 0.3 is 0 Å². The highest BCUT2D eigenvalue weighted by atomic mass is 35.5. The Balaban J connectivity index is 0.920. The van der Waals surface area contributed by atoms with Gasteiger partial charge in [-0.2, -0.15) is 0 Å². The summed E-state index contributed by atoms with van der Waals surface area (Å²) in [4.78, 5) is 38.6. The van der Waals surface area contributed by atoms with Crippen molar-refractivity contribution in [2.45, 2.75) is 56.3 Å². The summed E-state index contributed by atoms with van der Waals surface area (Å²) in [6.45, 7) is 6.36. The van der Waals surface area contributed by atoms with Crippen molar-refractivity contribution in [1.82, 2.24) is 19.6 Å². The van der Waals surface area contributed by atoms with Crippen LogP contribution >= 0.6 is 23.5 Å². The Kier molecular flexibility index (Phi) is 12.5. The molecule has 0 unspecified atom stereocenters. The molecule has 1 spiro atoms. The molecule has 2 aliphatic carbocycles. The monoisotopic (exact) mass is 874 g/mol. The highest BCUT2D eigenvalue weighted by Gasteiger charge is 2.41. The van der Waals surface area contributed by atoms with Crippen LogP contribution in [0.15, 0.2) is 89.6 Å². The van der Waals surface area contributed by atoms with E-state index in [-0.39, 0.29) is 11.3 Å². The molecular formula is C47H51ClN8O5S. The third kappa shape index (κ3) is 9.34. The average molecular weight is 875 g/mol. The van der Waals surface area contributed by atoms with E-state index in [1.165, 1.54) is 42.9 Å². The van der Waals surface area contributed by atoms with Crippen LogP contribution < -0.4 is 19.7 Å². The van der Waals surface area contributed by atoms with Crippen molar-refractivity contribution in [3.63, 3.8) is 0 Å². The molecule has 4 aliphatic rings. The van der Waals surface area contributed by atoms with E-state index in [1.807, 2.05) is 42.6 Å². The molecule has 3 fully saturated rings. The number of allylic oxidation sites excluding steroid dienone is 1. The first-order valence-corrected chi connectivity index (χ1v) is 22.7. The second kappa shape index (κ2) is 18.5. The van der Waals surface area contributed by atoms with E-state index in [4.69, 9.17) is 26.5 Å². The standard InChI is InChI=1S/C47H51ClN8O5S/c48-35-4-2-32(3-5-35)40-26-47(12-1-13-47)14-8-34(40)30-54-16-18-55(19-17-54)36-6-7-39(44(23-36)61-37-22-33-9-15-50-45(33)52-29-37)46(57)53-62-38-24-42(41(27-49)43(25-38)56(58)59)51-28-31-10-20-60-21-11-31/h2-7,9,15,22-25,27,29,31,49,51H,1,8,10-14,16-21,26,28,30H2,(H,50,52)(H,53,57). The first-order valence-electron chi connectivity index (χ1n) is 21.5. The number of carbonyl (C=O) groups is 1. The first-order chi connectivity index (χ1) is 30.2. The summed E-state index contributed by atoms with van der Waals surface area (Å²) < 4.78 is 14.8. The van der Waals surface area contributed by atoms with Crippen LogP contribution in [0.1, 0.15) is 72.9 Å². The van der Waals surface area contributed by atoms with Crippen LogP contribution in [-0.4, -0.2) is 84.4 Å². The normalized spacial score (nSPS) is 18.1. The smallest absolute Gasteiger partial charge is 0.281 e. The zero-order chi connectivity index (χ0) is 42.6. The quantitative estimate of drug-likeness (QED) is 0.0366. The van der Waals surface area contributed by atoms with E-state index in [0.717, 1.165) is 98.3 Å². The van der Waals surface area contributed by atoms with E-state index in [0.29, 0.717) is 58.7 Å². The molecule has 2 saturated heterocycles. The van der Waals surface area contributed by atoms with Gasteiger partial charge in [0, 0.05) is 98.0 Å². The van der Waals surface area contributed by atoms with Gasteiger partial charge in [-0.25, -0.2) is 4.98 Å². The van der Waals surface area contributed by atoms with Crippen LogP contribution in [0.5, 0.6) is 11.5 Å². The summed E-state index contributed by atoms with van der Waals surface area (Å²) in [6, 6.07) is 21.0. The van der Waals surface area contributed by atoms with Gasteiger partial charge in [0.15, 0.2) is 0 Å². The van der Waals surface area contributed by atoms with Crippen molar-refractivity contribution in [3.8, 4) is 11.5 Å². The van der Waals surface area contributed by atoms with Crippen LogP contribution in [0, 0.1) is 26.9 Å². The van der Waals surface area contributed by atoms with Crippen molar-refractivity contribution >= 4 is 69.3 Å². The zero-order valence-electron chi connectivity index (χ0n) is 34.6. The first kappa shape index (κ1) is 41.9. The van der Waals surface area contributed by atoms with Crippen LogP contribution in [-0.2, 0) is 4.74 Å². The lowest BCUT2D eigenvalue weighted by atomic mass is 9.59. The van der Waals surface area contributed by atoms with Crippen LogP contribution in [0.2, 0.25) is 5.02 Å². The van der Waals surface area contributed by atoms with E-state index in [1.54, 1.807) is 23.9 Å². The van der Waals surface area contributed by atoms with Crippen LogP contribution in [0.3, 0.4) is 0 Å². The topological polar surface area (TPSA) is 162 Å². The molecule has 4 heterocycles. The lowest BCUT2D eigenvalue weighted by Gasteiger charge is -2.47. The number of halogens is 1. The van der Waals surface area contributed by atoms with Crippen molar-refractivity contribution in [1.29, 1.82) is 5.41 Å². The largest absolute Gasteiger partial charge is 0.455 e. The van der Waals surface area contributed by atoms with E-state index in [9.17, 15) is 14.9 Å². The van der Waals surface area contributed by atoms with Gasteiger partial charge in [0.2, 0.25) is 0 Å². The summed E-state index contributed by atoms with van der Waals surface area (Å²) in [5, 5.41) is 25.1. The number of pyridine rings is 1. The number of piperazine rings is 1. The number of anilines is 2. The number of hydrogen-bond acceptors (Lipinski definition) is 11. The molecule has 1 amide bonds. The summed E-state index contributed by atoms with van der Waals surface area (Å²) in [5.41, 5.74) is 7.28. The second-order valence-electron chi connectivity index (χ2n) is 17.0. The number of H-pyrrole nitrogens is 1. The fourth-order valence-corrected chi connectivity index (χ4v) is 10.2. The highest BCUT2D eigenvalue weighted by molar-refractivity contribution is 7.98. The Bertz CT molecular complexity index is 2490. The summed E-state index contributed by atoms with van der Waals surface area (Å²) in [6.07, 6.45) is 13.8. The summed E-state index contributed by atoms with van der Waals surface area (Å²) in [7, 11) is 0. The van der Waals surface area contributed by atoms with Crippen molar-refractivity contribution in [2.75, 3.05) is 62.7 Å². The molecule has 322 valence electrons. The number of nitrogens with one attached hydrogen (secondary N) is 4. The molecule has 2 aliphatic heterocycles. The molecule has 5 aromatic rings. The van der Waals surface area contributed by atoms with E-state index >= 15 is 0 Å². The molecule has 4 N–H and O–H groups in total. The van der Waals surface area contributed by atoms with Gasteiger partial charge < -0.3 is 30.1 Å². The third-order valence-electron chi connectivity index (χ3n) is 13.2. The number of aromatic nitrogens is 2. The maximum atomic E-state index is 14.0. The molecule has 2 aromatic heterocycles. The van der Waals surface area contributed by atoms with Crippen molar-refractivity contribution < 1.29 is 19.2 Å². The Labute approximate surface area is 370 Å². The number of benzene rings is 3. The number of aromatic amines is 1. The number of ether oxygens (including phenoxy) is 2. The maximum Gasteiger partial charge on any atom is 0.281 e. The Morgan fingerprint density at radius 3 is 2.61 bits per heavy atom. The van der Waals surface area contributed by atoms with Gasteiger partial charge in [0.05, 0.1) is 27.9 Å². The van der Waals surface area contributed by atoms with Crippen molar-refractivity contribution in [3.05, 3.63) is 117 Å². The SMILES string of the molecule is N=Cc1c(NCC2CCOCC2)cc(SNC(=O)c2ccc(N3CCN(CC4=C(c5ccc(Cl)cc5)CC5(CCC5)CC4)CC3)cc2Oc2cnc3[nH]ccc3c2)cc1[N+](=O)[O-]. The number of hydrogen-bond donors (Lipinski definition) is 4. The average Bonchev–Trinajstić information content (AvgIpc) is 3.76. The molecule has 0 radical (unpaired) electrons. The molecule has 13 nitrogen and oxygen atoms in total. The molecule has 0 atom stereocenters. The fourth-order valence-electron chi connectivity index (χ4n) is 9.39. The molecule has 1 saturated carbocycles. The maximum absolute atomic E-state index is 14.0. The van der Waals surface area contributed by atoms with Gasteiger partial charge in [0.1, 0.15) is 17.1 Å². The van der Waals surface area contributed by atoms with E-state index < -0.39 is 10.8 Å². The number of fused-ring (bicyclic) bond motifs is 1. The van der Waals surface area contributed by atoms with Gasteiger partial charge in [-0.15, -0.1) is 0 Å². The fraction of sp³-hybridized carbons (Fsp3) is 0.383. The molecule has 62 heavy (non-hydrogen) atoms. The molecule has 9 rings (SSSR count). The lowest BCUT2D eigenvalue weighted by molar-refractivity contribution is -0.385. The number of nitrogens with zero attached hydrogens (tertiary/aromatic N) is 4. The minimum atomic E-state index is -0.498. The predicted octanol–water partition coefficient (Wildman–Crippen LogP) is 10.1. The summed E-state index contributed by atoms with van der Waals surface area (Å²) in [5.74, 6) is 0.783. The molecule has 15 heteroatoms. The number of nitro benzene ring substituents is 1. The van der Waals surface area contributed by atoms with Gasteiger partial charge in [-0.3, -0.25) is 24.5 Å². The highest BCUT2D eigenvalue weighted by Crippen LogP contribution is 2.55. The molecule has 0 bridgehead atoms. The Hall–Kier alpha value is -5.41. The Morgan fingerprint density at radius 2 is 1.87 bits per heavy atom. The number of carbonyl (C=O) groups excluding carboxylic acids is 1. The number of rotatable bonds is 14. The summed E-state index contributed by atoms with van der Waals surface area (Å²) >= 11 is 7.28. The van der Waals surface area contributed by atoms with Crippen molar-refractivity contribution in [2.24, 2.45) is 11.3 Å². The van der Waals surface area contributed by atoms with E-state index in [2.05, 4.69) is 41.9 Å². The molecule has 3 aromatic carbocycles. The van der Waals surface area contributed by atoms with Crippen LogP contribution in [0.4, 0.5) is 17.1 Å². The second-order valence-corrected chi connectivity index (χ2v) is 18.3. The predicted molar refractivity (Wildman–Crippen MR) is 246 cm³/mol. The third-order valence-corrected chi connectivity index (χ3v) is 14.2. The van der Waals surface area contributed by atoms with Gasteiger partial charge in [0.25, 0.3) is 11.6 Å². The minimum Gasteiger partial charge on any atom is -0.455 e. The molecular weight excluding hydrogens is 824 g/mol. The number of nitro groups is 1. The van der Waals surface area contributed by atoms with Gasteiger partial charge in [-0.1, -0.05) is 35.7 Å². The number of amides is 1. The van der Waals surface area contributed by atoms with Gasteiger partial charge in [-0.05, 0) is 122 Å². The van der Waals surface area contributed by atoms with Crippen LogP contribution in [0.25, 0.3) is 16.6 Å². The lowest BCUT2D eigenvalue weighted by Crippen LogP contribution is -2.47. The zero-order valence-corrected chi connectivity index (χ0v) is 36.2.